The van der Waals surface area contributed by atoms with E-state index >= 15 is 0 Å². The number of anilines is 1. The summed E-state index contributed by atoms with van der Waals surface area (Å²) in [6, 6.07) is 3.81. The summed E-state index contributed by atoms with van der Waals surface area (Å²) in [5.74, 6) is -0.501. The fraction of sp³-hybridized carbons (Fsp3) is 0.500. The number of pyridine rings is 1. The third-order valence-electron chi connectivity index (χ3n) is 2.47. The summed E-state index contributed by atoms with van der Waals surface area (Å²) < 4.78 is 11.1. The van der Waals surface area contributed by atoms with E-state index in [0.29, 0.717) is 18.7 Å². The lowest BCUT2D eigenvalue weighted by molar-refractivity contribution is -0.136. The molecule has 5 nitrogen and oxygen atoms in total. The van der Waals surface area contributed by atoms with Gasteiger partial charge in [-0.15, -0.1) is 0 Å². The van der Waals surface area contributed by atoms with Gasteiger partial charge in [-0.05, 0) is 19.9 Å². The minimum atomic E-state index is -0.501. The largest absolute Gasteiger partial charge is 0.381 e. The van der Waals surface area contributed by atoms with E-state index in [-0.39, 0.29) is 6.10 Å². The van der Waals surface area contributed by atoms with Crippen molar-refractivity contribution in [2.45, 2.75) is 25.7 Å². The Morgan fingerprint density at radius 3 is 3.06 bits per heavy atom. The van der Waals surface area contributed by atoms with Crippen LogP contribution in [0.1, 0.15) is 19.4 Å². The first-order valence-electron chi connectivity index (χ1n) is 5.50. The Bertz CT molecular complexity index is 440. The third-order valence-corrected chi connectivity index (χ3v) is 2.47. The molecule has 1 fully saturated rings. The van der Waals surface area contributed by atoms with E-state index in [2.05, 4.69) is 10.3 Å². The van der Waals surface area contributed by atoms with Gasteiger partial charge in [0.1, 0.15) is 12.2 Å². The van der Waals surface area contributed by atoms with Gasteiger partial charge in [-0.25, -0.2) is 0 Å². The Kier molecular flexibility index (Phi) is 3.27. The lowest BCUT2D eigenvalue weighted by Crippen LogP contribution is -2.26. The molecule has 0 radical (unpaired) electrons. The SMILES string of the molecule is CC1(C)OCC(CNc2cncc(C#N)c2)O1. The van der Waals surface area contributed by atoms with E-state index in [9.17, 15) is 0 Å². The van der Waals surface area contributed by atoms with Gasteiger partial charge in [-0.3, -0.25) is 4.98 Å². The van der Waals surface area contributed by atoms with Crippen molar-refractivity contribution in [1.29, 1.82) is 5.26 Å². The summed E-state index contributed by atoms with van der Waals surface area (Å²) in [5.41, 5.74) is 1.36. The number of ether oxygens (including phenoxy) is 2. The zero-order valence-electron chi connectivity index (χ0n) is 9.93. The van der Waals surface area contributed by atoms with Gasteiger partial charge in [0.15, 0.2) is 5.79 Å². The quantitative estimate of drug-likeness (QED) is 0.857. The average Bonchev–Trinajstić information content (AvgIpc) is 2.67. The molecule has 0 aromatic carbocycles. The molecule has 2 rings (SSSR count). The minimum Gasteiger partial charge on any atom is -0.381 e. The fourth-order valence-corrected chi connectivity index (χ4v) is 1.69. The minimum absolute atomic E-state index is 0.0238. The molecule has 1 saturated heterocycles. The second-order valence-electron chi connectivity index (χ2n) is 4.41. The number of rotatable bonds is 3. The van der Waals surface area contributed by atoms with Crippen LogP contribution in [0.25, 0.3) is 0 Å². The molecule has 1 aliphatic rings. The summed E-state index contributed by atoms with van der Waals surface area (Å²) in [6.07, 6.45) is 3.24. The third kappa shape index (κ3) is 3.16. The molecule has 0 saturated carbocycles. The highest BCUT2D eigenvalue weighted by atomic mass is 16.7. The van der Waals surface area contributed by atoms with Gasteiger partial charge >= 0.3 is 0 Å². The molecule has 1 aliphatic heterocycles. The van der Waals surface area contributed by atoms with Gasteiger partial charge in [0.05, 0.1) is 24.1 Å². The zero-order valence-corrected chi connectivity index (χ0v) is 9.93. The van der Waals surface area contributed by atoms with Gasteiger partial charge < -0.3 is 14.8 Å². The van der Waals surface area contributed by atoms with E-state index < -0.39 is 5.79 Å². The van der Waals surface area contributed by atoms with Gasteiger partial charge in [-0.1, -0.05) is 0 Å². The molecule has 2 heterocycles. The lowest BCUT2D eigenvalue weighted by atomic mass is 10.3. The standard InChI is InChI=1S/C12H15N3O2/c1-12(2)16-8-11(17-12)7-15-10-3-9(4-13)5-14-6-10/h3,5-6,11,15H,7-8H2,1-2H3. The molecule has 5 heteroatoms. The van der Waals surface area contributed by atoms with Crippen LogP contribution in [-0.4, -0.2) is 30.0 Å². The maximum atomic E-state index is 8.75. The van der Waals surface area contributed by atoms with Crippen molar-refractivity contribution in [2.75, 3.05) is 18.5 Å². The summed E-state index contributed by atoms with van der Waals surface area (Å²) >= 11 is 0. The van der Waals surface area contributed by atoms with Crippen molar-refractivity contribution in [1.82, 2.24) is 4.98 Å². The number of aromatic nitrogens is 1. The molecule has 1 N–H and O–H groups in total. The Hall–Kier alpha value is -1.64. The van der Waals surface area contributed by atoms with Crippen molar-refractivity contribution >= 4 is 5.69 Å². The Morgan fingerprint density at radius 1 is 1.59 bits per heavy atom. The number of hydrogen-bond acceptors (Lipinski definition) is 5. The predicted molar refractivity (Wildman–Crippen MR) is 62.3 cm³/mol. The van der Waals surface area contributed by atoms with Crippen LogP contribution < -0.4 is 5.32 Å². The van der Waals surface area contributed by atoms with Gasteiger partial charge in [0.2, 0.25) is 0 Å². The van der Waals surface area contributed by atoms with Gasteiger partial charge in [-0.2, -0.15) is 5.26 Å². The molecule has 1 atom stereocenters. The Labute approximate surface area is 100 Å². The first-order chi connectivity index (χ1) is 8.09. The number of nitrogens with one attached hydrogen (secondary N) is 1. The molecule has 90 valence electrons. The summed E-state index contributed by atoms with van der Waals surface area (Å²) in [7, 11) is 0. The van der Waals surface area contributed by atoms with Crippen LogP contribution >= 0.6 is 0 Å². The van der Waals surface area contributed by atoms with E-state index in [1.807, 2.05) is 19.9 Å². The second-order valence-corrected chi connectivity index (χ2v) is 4.41. The molecule has 1 unspecified atom stereocenters. The molecule has 0 bridgehead atoms. The molecule has 0 amide bonds. The van der Waals surface area contributed by atoms with Crippen LogP contribution in [-0.2, 0) is 9.47 Å². The highest BCUT2D eigenvalue weighted by molar-refractivity contribution is 5.46. The Balaban J connectivity index is 1.88. The van der Waals surface area contributed by atoms with E-state index in [0.717, 1.165) is 5.69 Å². The summed E-state index contributed by atoms with van der Waals surface area (Å²) in [6.45, 7) is 5.00. The van der Waals surface area contributed by atoms with Crippen LogP contribution in [0.2, 0.25) is 0 Å². The van der Waals surface area contributed by atoms with E-state index in [1.54, 1.807) is 12.3 Å². The van der Waals surface area contributed by atoms with Gasteiger partial charge in [0, 0.05) is 12.7 Å². The van der Waals surface area contributed by atoms with Crippen molar-refractivity contribution < 1.29 is 9.47 Å². The van der Waals surface area contributed by atoms with Crippen molar-refractivity contribution in [3.8, 4) is 6.07 Å². The number of nitrogens with zero attached hydrogens (tertiary/aromatic N) is 2. The average molecular weight is 233 g/mol. The molecule has 1 aromatic rings. The highest BCUT2D eigenvalue weighted by Gasteiger charge is 2.32. The topological polar surface area (TPSA) is 67.2 Å². The monoisotopic (exact) mass is 233 g/mol. The van der Waals surface area contributed by atoms with Crippen molar-refractivity contribution in [2.24, 2.45) is 0 Å². The van der Waals surface area contributed by atoms with E-state index in [1.165, 1.54) is 6.20 Å². The smallest absolute Gasteiger partial charge is 0.163 e. The summed E-state index contributed by atoms with van der Waals surface area (Å²) in [5, 5.41) is 11.9. The van der Waals surface area contributed by atoms with Crippen LogP contribution in [0.15, 0.2) is 18.5 Å². The first kappa shape index (κ1) is 11.8. The van der Waals surface area contributed by atoms with Crippen LogP contribution in [0.5, 0.6) is 0 Å². The number of nitriles is 1. The predicted octanol–water partition coefficient (Wildman–Crippen LogP) is 1.52. The Morgan fingerprint density at radius 2 is 2.41 bits per heavy atom. The lowest BCUT2D eigenvalue weighted by Gasteiger charge is -2.17. The molecule has 0 spiro atoms. The zero-order chi connectivity index (χ0) is 12.3. The highest BCUT2D eigenvalue weighted by Crippen LogP contribution is 2.22. The van der Waals surface area contributed by atoms with Crippen LogP contribution in [0, 0.1) is 11.3 Å². The van der Waals surface area contributed by atoms with Crippen molar-refractivity contribution in [3.63, 3.8) is 0 Å². The molecular weight excluding hydrogens is 218 g/mol. The van der Waals surface area contributed by atoms with E-state index in [4.69, 9.17) is 14.7 Å². The van der Waals surface area contributed by atoms with Gasteiger partial charge in [0.25, 0.3) is 0 Å². The van der Waals surface area contributed by atoms with Crippen molar-refractivity contribution in [3.05, 3.63) is 24.0 Å². The second kappa shape index (κ2) is 4.70. The molecule has 17 heavy (non-hydrogen) atoms. The maximum Gasteiger partial charge on any atom is 0.163 e. The normalized spacial score (nSPS) is 22.1. The molecular formula is C12H15N3O2. The van der Waals surface area contributed by atoms with Crippen LogP contribution in [0.4, 0.5) is 5.69 Å². The maximum absolute atomic E-state index is 8.75. The summed E-state index contributed by atoms with van der Waals surface area (Å²) in [4.78, 5) is 3.97. The number of hydrogen-bond donors (Lipinski definition) is 1. The fourth-order valence-electron chi connectivity index (χ4n) is 1.69. The molecule has 1 aromatic heterocycles. The molecule has 0 aliphatic carbocycles. The first-order valence-corrected chi connectivity index (χ1v) is 5.50. The van der Waals surface area contributed by atoms with Crippen LogP contribution in [0.3, 0.4) is 0 Å².